The van der Waals surface area contributed by atoms with Crippen LogP contribution in [0.15, 0.2) is 53.1 Å². The fourth-order valence-corrected chi connectivity index (χ4v) is 2.50. The first-order valence-electron chi connectivity index (χ1n) is 6.02. The summed E-state index contributed by atoms with van der Waals surface area (Å²) in [7, 11) is 0. The van der Waals surface area contributed by atoms with Gasteiger partial charge in [0.15, 0.2) is 0 Å². The van der Waals surface area contributed by atoms with Crippen LogP contribution in [0, 0.1) is 0 Å². The molecule has 1 atom stereocenters. The Bertz CT molecular complexity index is 557. The van der Waals surface area contributed by atoms with Crippen molar-refractivity contribution in [3.63, 3.8) is 0 Å². The van der Waals surface area contributed by atoms with Gasteiger partial charge in [-0.25, -0.2) is 0 Å². The van der Waals surface area contributed by atoms with Gasteiger partial charge in [0.2, 0.25) is 0 Å². The van der Waals surface area contributed by atoms with Crippen LogP contribution in [0.2, 0.25) is 0 Å². The van der Waals surface area contributed by atoms with Gasteiger partial charge >= 0.3 is 5.97 Å². The molecule has 0 saturated carbocycles. The number of carboxylic acids is 1. The molecule has 0 aliphatic carbocycles. The Balaban J connectivity index is 2.21. The average molecular weight is 320 g/mol. The van der Waals surface area contributed by atoms with Gasteiger partial charge in [0.05, 0.1) is 6.42 Å². The molecule has 0 bridgehead atoms. The molecule has 2 aromatic rings. The van der Waals surface area contributed by atoms with E-state index in [0.29, 0.717) is 6.42 Å². The molecule has 1 heterocycles. The van der Waals surface area contributed by atoms with Gasteiger partial charge in [0.25, 0.3) is 0 Å². The van der Waals surface area contributed by atoms with Gasteiger partial charge in [-0.05, 0) is 36.2 Å². The van der Waals surface area contributed by atoms with Crippen LogP contribution in [-0.2, 0) is 11.2 Å². The lowest BCUT2D eigenvalue weighted by Crippen LogP contribution is -2.10. The van der Waals surface area contributed by atoms with E-state index in [1.165, 1.54) is 0 Å². The third-order valence-electron chi connectivity index (χ3n) is 2.90. The minimum atomic E-state index is -0.800. The summed E-state index contributed by atoms with van der Waals surface area (Å²) in [6.45, 7) is 0. The number of pyridine rings is 1. The van der Waals surface area contributed by atoms with E-state index in [1.54, 1.807) is 6.20 Å². The summed E-state index contributed by atoms with van der Waals surface area (Å²) in [5, 5.41) is 9.04. The maximum Gasteiger partial charge on any atom is 0.304 e. The second-order valence-corrected chi connectivity index (χ2v) is 5.30. The molecule has 0 saturated heterocycles. The molecule has 2 rings (SSSR count). The van der Waals surface area contributed by atoms with Crippen LogP contribution >= 0.6 is 15.9 Å². The highest BCUT2D eigenvalue weighted by molar-refractivity contribution is 9.10. The molecule has 19 heavy (non-hydrogen) atoms. The van der Waals surface area contributed by atoms with Crippen LogP contribution in [-0.4, -0.2) is 16.1 Å². The third kappa shape index (κ3) is 4.17. The molecule has 1 N–H and O–H groups in total. The summed E-state index contributed by atoms with van der Waals surface area (Å²) < 4.78 is 1.00. The molecule has 0 aliphatic rings. The van der Waals surface area contributed by atoms with E-state index >= 15 is 0 Å². The zero-order valence-corrected chi connectivity index (χ0v) is 11.9. The fourth-order valence-electron chi connectivity index (χ4n) is 2.06. The Hall–Kier alpha value is -1.68. The molecule has 1 aromatic heterocycles. The van der Waals surface area contributed by atoms with E-state index in [1.807, 2.05) is 42.5 Å². The highest BCUT2D eigenvalue weighted by Crippen LogP contribution is 2.24. The highest BCUT2D eigenvalue weighted by atomic mass is 79.9. The molecule has 0 aliphatic heterocycles. The van der Waals surface area contributed by atoms with E-state index < -0.39 is 5.97 Å². The third-order valence-corrected chi connectivity index (χ3v) is 3.39. The number of carboxylic acid groups (broad SMARTS) is 1. The van der Waals surface area contributed by atoms with E-state index in [-0.39, 0.29) is 12.3 Å². The monoisotopic (exact) mass is 319 g/mol. The molecular weight excluding hydrogens is 306 g/mol. The van der Waals surface area contributed by atoms with Gasteiger partial charge in [-0.2, -0.15) is 0 Å². The maximum absolute atomic E-state index is 11.0. The zero-order chi connectivity index (χ0) is 13.7. The zero-order valence-electron chi connectivity index (χ0n) is 10.3. The Kier molecular flexibility index (Phi) is 4.68. The first kappa shape index (κ1) is 13.7. The topological polar surface area (TPSA) is 50.2 Å². The number of hydrogen-bond donors (Lipinski definition) is 1. The number of halogens is 1. The number of aromatic nitrogens is 1. The van der Waals surface area contributed by atoms with Crippen molar-refractivity contribution in [2.45, 2.75) is 18.8 Å². The molecule has 0 fully saturated rings. The van der Waals surface area contributed by atoms with Crippen molar-refractivity contribution in [2.24, 2.45) is 0 Å². The minimum Gasteiger partial charge on any atom is -0.481 e. The van der Waals surface area contributed by atoms with E-state index in [0.717, 1.165) is 15.7 Å². The number of aliphatic carboxylic acids is 1. The molecule has 0 radical (unpaired) electrons. The molecule has 4 heteroatoms. The second-order valence-electron chi connectivity index (χ2n) is 4.38. The van der Waals surface area contributed by atoms with Crippen molar-refractivity contribution in [1.82, 2.24) is 4.98 Å². The van der Waals surface area contributed by atoms with Crippen LogP contribution in [0.3, 0.4) is 0 Å². The van der Waals surface area contributed by atoms with Crippen LogP contribution < -0.4 is 0 Å². The SMILES string of the molecule is O=C(O)CC(Cc1cccc(Br)c1)c1ccccn1. The summed E-state index contributed by atoms with van der Waals surface area (Å²) in [6, 6.07) is 13.5. The molecule has 98 valence electrons. The maximum atomic E-state index is 11.0. The van der Waals surface area contributed by atoms with Gasteiger partial charge in [-0.1, -0.05) is 34.1 Å². The van der Waals surface area contributed by atoms with Crippen molar-refractivity contribution in [3.05, 3.63) is 64.4 Å². The van der Waals surface area contributed by atoms with Gasteiger partial charge < -0.3 is 5.11 Å². The number of carbonyl (C=O) groups is 1. The first-order chi connectivity index (χ1) is 9.15. The summed E-state index contributed by atoms with van der Waals surface area (Å²) >= 11 is 3.43. The summed E-state index contributed by atoms with van der Waals surface area (Å²) in [5.41, 5.74) is 1.93. The van der Waals surface area contributed by atoms with Crippen molar-refractivity contribution in [3.8, 4) is 0 Å². The summed E-state index contributed by atoms with van der Waals surface area (Å²) in [5.74, 6) is -0.904. The van der Waals surface area contributed by atoms with Crippen molar-refractivity contribution in [2.75, 3.05) is 0 Å². The molecule has 1 aromatic carbocycles. The van der Waals surface area contributed by atoms with E-state index in [4.69, 9.17) is 5.11 Å². The van der Waals surface area contributed by atoms with Crippen LogP contribution in [0.4, 0.5) is 0 Å². The lowest BCUT2D eigenvalue weighted by molar-refractivity contribution is -0.137. The van der Waals surface area contributed by atoms with Crippen molar-refractivity contribution < 1.29 is 9.90 Å². The normalized spacial score (nSPS) is 12.1. The number of rotatable bonds is 5. The van der Waals surface area contributed by atoms with Crippen LogP contribution in [0.25, 0.3) is 0 Å². The summed E-state index contributed by atoms with van der Waals surface area (Å²) in [4.78, 5) is 15.3. The predicted octanol–water partition coefficient (Wildman–Crippen LogP) is 3.65. The van der Waals surface area contributed by atoms with Crippen LogP contribution in [0.1, 0.15) is 23.6 Å². The van der Waals surface area contributed by atoms with Crippen molar-refractivity contribution in [1.29, 1.82) is 0 Å². The fraction of sp³-hybridized carbons (Fsp3) is 0.200. The van der Waals surface area contributed by atoms with Crippen molar-refractivity contribution >= 4 is 21.9 Å². The van der Waals surface area contributed by atoms with Gasteiger partial charge in [-0.15, -0.1) is 0 Å². The summed E-state index contributed by atoms with van der Waals surface area (Å²) in [6.07, 6.45) is 2.46. The van der Waals surface area contributed by atoms with Gasteiger partial charge in [0, 0.05) is 22.3 Å². The average Bonchev–Trinajstić information content (AvgIpc) is 2.38. The number of nitrogens with zero attached hydrogens (tertiary/aromatic N) is 1. The largest absolute Gasteiger partial charge is 0.481 e. The Morgan fingerprint density at radius 1 is 1.26 bits per heavy atom. The molecule has 0 spiro atoms. The minimum absolute atomic E-state index is 0.0868. The molecular formula is C15H14BrNO2. The first-order valence-corrected chi connectivity index (χ1v) is 6.81. The quantitative estimate of drug-likeness (QED) is 0.915. The predicted molar refractivity (Wildman–Crippen MR) is 77.1 cm³/mol. The lowest BCUT2D eigenvalue weighted by Gasteiger charge is -2.14. The Morgan fingerprint density at radius 3 is 2.74 bits per heavy atom. The molecule has 0 amide bonds. The second kappa shape index (κ2) is 6.48. The van der Waals surface area contributed by atoms with Gasteiger partial charge in [0.1, 0.15) is 0 Å². The Morgan fingerprint density at radius 2 is 2.11 bits per heavy atom. The standard InChI is InChI=1S/C15H14BrNO2/c16-13-5-3-4-11(9-13)8-12(10-15(18)19)14-6-1-2-7-17-14/h1-7,9,12H,8,10H2,(H,18,19). The lowest BCUT2D eigenvalue weighted by atomic mass is 9.93. The van der Waals surface area contributed by atoms with E-state index in [9.17, 15) is 4.79 Å². The van der Waals surface area contributed by atoms with E-state index in [2.05, 4.69) is 20.9 Å². The van der Waals surface area contributed by atoms with Crippen LogP contribution in [0.5, 0.6) is 0 Å². The highest BCUT2D eigenvalue weighted by Gasteiger charge is 2.17. The number of benzene rings is 1. The molecule has 3 nitrogen and oxygen atoms in total. The smallest absolute Gasteiger partial charge is 0.304 e. The van der Waals surface area contributed by atoms with Gasteiger partial charge in [-0.3, -0.25) is 9.78 Å². The molecule has 1 unspecified atom stereocenters. The Labute approximate surface area is 120 Å². The number of hydrogen-bond acceptors (Lipinski definition) is 2.